The second-order valence-corrected chi connectivity index (χ2v) is 11.3. The summed E-state index contributed by atoms with van der Waals surface area (Å²) in [4.78, 5) is 13.4. The fourth-order valence-electron chi connectivity index (χ4n) is 5.22. The number of halogens is 4. The highest BCUT2D eigenvalue weighted by molar-refractivity contribution is 9.10. The number of hydrogen-bond acceptors (Lipinski definition) is 4. The second kappa shape index (κ2) is 10.1. The summed E-state index contributed by atoms with van der Waals surface area (Å²) in [6.45, 7) is 4.33. The van der Waals surface area contributed by atoms with E-state index in [0.717, 1.165) is 16.8 Å². The van der Waals surface area contributed by atoms with Crippen LogP contribution in [0, 0.1) is 11.7 Å². The maximum Gasteiger partial charge on any atom is 0.434 e. The van der Waals surface area contributed by atoms with E-state index in [-0.39, 0.29) is 17.6 Å². The number of H-pyrrole nitrogens is 1. The number of nitrogens with one attached hydrogen (secondary N) is 1. The smallest absolute Gasteiger partial charge is 0.388 e. The van der Waals surface area contributed by atoms with Crippen LogP contribution in [0.15, 0.2) is 74.3 Å². The third kappa shape index (κ3) is 5.65. The van der Waals surface area contributed by atoms with Gasteiger partial charge >= 0.3 is 5.76 Å². The molecule has 1 atom stereocenters. The standard InChI is InChI=1S/C28H25BrClF2N3O2/c1-28(2,32)25(19-11-21(29)13-22(31)12-19)20-14-35(15-20)24-10-17(6-7-23(24)30)8-16-4-3-5-18(9-16)26-33-34-27(36)37-26/h3-7,9-13,20,25H,8,14-15H2,1-2H3,(H,34,36)/t25-/m1/s1. The molecule has 0 saturated carbocycles. The molecule has 2 heterocycles. The lowest BCUT2D eigenvalue weighted by Crippen LogP contribution is -2.52. The van der Waals surface area contributed by atoms with Crippen molar-refractivity contribution in [3.63, 3.8) is 0 Å². The maximum absolute atomic E-state index is 15.3. The molecule has 0 spiro atoms. The molecule has 1 saturated heterocycles. The Bertz CT molecular complexity index is 1470. The van der Waals surface area contributed by atoms with Crippen LogP contribution < -0.4 is 10.7 Å². The van der Waals surface area contributed by atoms with Crippen molar-refractivity contribution in [2.24, 2.45) is 5.92 Å². The molecule has 0 aliphatic carbocycles. The Hall–Kier alpha value is -2.97. The van der Waals surface area contributed by atoms with Crippen molar-refractivity contribution >= 4 is 33.2 Å². The van der Waals surface area contributed by atoms with Gasteiger partial charge in [0.25, 0.3) is 0 Å². The van der Waals surface area contributed by atoms with E-state index in [2.05, 4.69) is 31.0 Å². The molecule has 0 unspecified atom stereocenters. The van der Waals surface area contributed by atoms with Crippen LogP contribution in [0.2, 0.25) is 5.02 Å². The predicted molar refractivity (Wildman–Crippen MR) is 145 cm³/mol. The molecule has 5 rings (SSSR count). The van der Waals surface area contributed by atoms with E-state index in [0.29, 0.717) is 40.1 Å². The largest absolute Gasteiger partial charge is 0.434 e. The van der Waals surface area contributed by atoms with Crippen LogP contribution in [-0.2, 0) is 6.42 Å². The van der Waals surface area contributed by atoms with Crippen molar-refractivity contribution in [2.45, 2.75) is 31.9 Å². The summed E-state index contributed by atoms with van der Waals surface area (Å²) in [5.41, 5.74) is 2.80. The summed E-state index contributed by atoms with van der Waals surface area (Å²) < 4.78 is 35.1. The second-order valence-electron chi connectivity index (χ2n) is 9.99. The van der Waals surface area contributed by atoms with Gasteiger partial charge in [0, 0.05) is 35.0 Å². The average molecular weight is 589 g/mol. The first-order chi connectivity index (χ1) is 17.6. The Balaban J connectivity index is 1.34. The predicted octanol–water partition coefficient (Wildman–Crippen LogP) is 7.14. The Labute approximate surface area is 226 Å². The van der Waals surface area contributed by atoms with Gasteiger partial charge in [-0.1, -0.05) is 45.7 Å². The van der Waals surface area contributed by atoms with E-state index in [9.17, 15) is 9.18 Å². The summed E-state index contributed by atoms with van der Waals surface area (Å²) >= 11 is 9.90. The molecule has 9 heteroatoms. The lowest BCUT2D eigenvalue weighted by atomic mass is 9.73. The molecule has 1 N–H and O–H groups in total. The third-order valence-corrected chi connectivity index (χ3v) is 7.51. The third-order valence-electron chi connectivity index (χ3n) is 6.74. The van der Waals surface area contributed by atoms with Crippen molar-refractivity contribution < 1.29 is 13.2 Å². The molecular formula is C28H25BrClF2N3O2. The first kappa shape index (κ1) is 25.7. The summed E-state index contributed by atoms with van der Waals surface area (Å²) in [7, 11) is 0. The van der Waals surface area contributed by atoms with Crippen molar-refractivity contribution in [1.82, 2.24) is 10.2 Å². The number of rotatable bonds is 7. The first-order valence-electron chi connectivity index (χ1n) is 11.9. The summed E-state index contributed by atoms with van der Waals surface area (Å²) in [6, 6.07) is 18.1. The molecule has 1 fully saturated rings. The first-order valence-corrected chi connectivity index (χ1v) is 13.1. The van der Waals surface area contributed by atoms with Gasteiger partial charge in [0.2, 0.25) is 5.89 Å². The van der Waals surface area contributed by atoms with Crippen molar-refractivity contribution in [2.75, 3.05) is 18.0 Å². The molecule has 1 aliphatic heterocycles. The van der Waals surface area contributed by atoms with E-state index in [1.807, 2.05) is 42.5 Å². The number of alkyl halides is 1. The molecule has 0 bridgehead atoms. The molecule has 5 nitrogen and oxygen atoms in total. The van der Waals surface area contributed by atoms with Crippen molar-refractivity contribution in [3.05, 3.63) is 103 Å². The fourth-order valence-corrected chi connectivity index (χ4v) is 5.94. The van der Waals surface area contributed by atoms with Gasteiger partial charge in [-0.15, -0.1) is 5.10 Å². The van der Waals surface area contributed by atoms with E-state index in [1.165, 1.54) is 12.1 Å². The topological polar surface area (TPSA) is 62.1 Å². The quantitative estimate of drug-likeness (QED) is 0.249. The minimum absolute atomic E-state index is 0.00797. The molecule has 37 heavy (non-hydrogen) atoms. The molecule has 0 radical (unpaired) electrons. The van der Waals surface area contributed by atoms with E-state index in [1.54, 1.807) is 19.9 Å². The average Bonchev–Trinajstić information content (AvgIpc) is 3.22. The number of aromatic amines is 1. The SMILES string of the molecule is CC(C)(F)[C@H](c1cc(F)cc(Br)c1)C1CN(c2cc(Cc3cccc(-c4n[nH]c(=O)o4)c3)ccc2Cl)C1. The maximum atomic E-state index is 15.3. The van der Waals surface area contributed by atoms with Crippen LogP contribution in [0.1, 0.15) is 36.5 Å². The van der Waals surface area contributed by atoms with Crippen LogP contribution in [-0.4, -0.2) is 29.0 Å². The molecular weight excluding hydrogens is 564 g/mol. The Morgan fingerprint density at radius 2 is 1.92 bits per heavy atom. The van der Waals surface area contributed by atoms with Gasteiger partial charge in [-0.05, 0) is 79.4 Å². The van der Waals surface area contributed by atoms with Gasteiger partial charge in [-0.3, -0.25) is 0 Å². The lowest BCUT2D eigenvalue weighted by molar-refractivity contribution is 0.118. The highest BCUT2D eigenvalue weighted by Crippen LogP contribution is 2.45. The van der Waals surface area contributed by atoms with Gasteiger partial charge in [0.1, 0.15) is 11.5 Å². The number of hydrogen-bond donors (Lipinski definition) is 1. The number of anilines is 1. The Morgan fingerprint density at radius 1 is 1.16 bits per heavy atom. The Morgan fingerprint density at radius 3 is 2.59 bits per heavy atom. The summed E-state index contributed by atoms with van der Waals surface area (Å²) in [5.74, 6) is -1.19. The van der Waals surface area contributed by atoms with Crippen molar-refractivity contribution in [1.29, 1.82) is 0 Å². The molecule has 1 aliphatic rings. The van der Waals surface area contributed by atoms with E-state index in [4.69, 9.17) is 16.0 Å². The van der Waals surface area contributed by atoms with Gasteiger partial charge in [-0.2, -0.15) is 0 Å². The zero-order chi connectivity index (χ0) is 26.3. The highest BCUT2D eigenvalue weighted by atomic mass is 79.9. The molecule has 3 aromatic carbocycles. The normalized spacial score (nSPS) is 15.0. The minimum Gasteiger partial charge on any atom is -0.388 e. The molecule has 192 valence electrons. The van der Waals surface area contributed by atoms with E-state index >= 15 is 4.39 Å². The molecule has 4 aromatic rings. The van der Waals surface area contributed by atoms with Crippen LogP contribution in [0.3, 0.4) is 0 Å². The fraction of sp³-hybridized carbons (Fsp3) is 0.286. The molecule has 1 aromatic heterocycles. The van der Waals surface area contributed by atoms with Crippen LogP contribution >= 0.6 is 27.5 Å². The van der Waals surface area contributed by atoms with Crippen molar-refractivity contribution in [3.8, 4) is 11.5 Å². The van der Waals surface area contributed by atoms with Gasteiger partial charge in [0.15, 0.2) is 0 Å². The molecule has 0 amide bonds. The van der Waals surface area contributed by atoms with Gasteiger partial charge in [-0.25, -0.2) is 18.7 Å². The zero-order valence-electron chi connectivity index (χ0n) is 20.3. The Kier molecular flexibility index (Phi) is 6.98. The van der Waals surface area contributed by atoms with Crippen LogP contribution in [0.4, 0.5) is 14.5 Å². The number of nitrogens with zero attached hydrogens (tertiary/aromatic N) is 2. The number of benzene rings is 3. The van der Waals surface area contributed by atoms with E-state index < -0.39 is 17.3 Å². The minimum atomic E-state index is -1.52. The number of aromatic nitrogens is 2. The summed E-state index contributed by atoms with van der Waals surface area (Å²) in [6.07, 6.45) is 0.640. The lowest BCUT2D eigenvalue weighted by Gasteiger charge is -2.48. The van der Waals surface area contributed by atoms with Crippen LogP contribution in [0.5, 0.6) is 0 Å². The zero-order valence-corrected chi connectivity index (χ0v) is 22.6. The van der Waals surface area contributed by atoms with Crippen LogP contribution in [0.25, 0.3) is 11.5 Å². The highest BCUT2D eigenvalue weighted by Gasteiger charge is 2.43. The van der Waals surface area contributed by atoms with Gasteiger partial charge < -0.3 is 9.32 Å². The monoisotopic (exact) mass is 587 g/mol. The van der Waals surface area contributed by atoms with Gasteiger partial charge in [0.05, 0.1) is 10.7 Å². The summed E-state index contributed by atoms with van der Waals surface area (Å²) in [5, 5.41) is 6.79.